The van der Waals surface area contributed by atoms with E-state index < -0.39 is 21.3 Å². The molecule has 0 bridgehead atoms. The van der Waals surface area contributed by atoms with Gasteiger partial charge in [0.1, 0.15) is 5.82 Å². The molecule has 0 fully saturated rings. The summed E-state index contributed by atoms with van der Waals surface area (Å²) in [6.45, 7) is 0.131. The number of anilines is 1. The van der Waals surface area contributed by atoms with E-state index >= 15 is 0 Å². The van der Waals surface area contributed by atoms with Crippen LogP contribution >= 0.6 is 15.9 Å². The van der Waals surface area contributed by atoms with Gasteiger partial charge in [-0.1, -0.05) is 5.16 Å². The lowest BCUT2D eigenvalue weighted by Gasteiger charge is -2.06. The van der Waals surface area contributed by atoms with Gasteiger partial charge in [-0.3, -0.25) is 4.52 Å². The SMILES string of the molecule is CS(=O)(CCNc1nonc1-c1noc(=O)n1-c1ccc(F)c(Br)c1)=NC#N. The number of halogens is 2. The third-order valence-corrected chi connectivity index (χ3v) is 5.51. The van der Waals surface area contributed by atoms with E-state index in [1.807, 2.05) is 0 Å². The second-order valence-corrected chi connectivity index (χ2v) is 8.81. The van der Waals surface area contributed by atoms with Crippen LogP contribution in [0.2, 0.25) is 0 Å². The van der Waals surface area contributed by atoms with Crippen LogP contribution in [-0.2, 0) is 9.73 Å². The van der Waals surface area contributed by atoms with Crippen molar-refractivity contribution in [2.75, 3.05) is 23.9 Å². The lowest BCUT2D eigenvalue weighted by atomic mass is 10.3. The summed E-state index contributed by atoms with van der Waals surface area (Å²) in [5.74, 6) is -1.21. The third-order valence-electron chi connectivity index (χ3n) is 3.47. The molecule has 0 radical (unpaired) electrons. The molecule has 2 aromatic heterocycles. The predicted octanol–water partition coefficient (Wildman–Crippen LogP) is 1.77. The number of nitrogens with zero attached hydrogens (tertiary/aromatic N) is 6. The highest BCUT2D eigenvalue weighted by Crippen LogP contribution is 2.26. The lowest BCUT2D eigenvalue weighted by Crippen LogP contribution is -2.16. The van der Waals surface area contributed by atoms with Crippen LogP contribution in [0.4, 0.5) is 10.2 Å². The van der Waals surface area contributed by atoms with Crippen LogP contribution in [0.1, 0.15) is 0 Å². The molecule has 14 heteroatoms. The number of nitrogens with one attached hydrogen (secondary N) is 1. The van der Waals surface area contributed by atoms with Crippen LogP contribution in [0.3, 0.4) is 0 Å². The molecule has 1 atom stereocenters. The van der Waals surface area contributed by atoms with Gasteiger partial charge in [0.05, 0.1) is 19.9 Å². The molecule has 11 nitrogen and oxygen atoms in total. The molecule has 0 aliphatic carbocycles. The van der Waals surface area contributed by atoms with E-state index in [2.05, 4.69) is 41.1 Å². The van der Waals surface area contributed by atoms with Crippen LogP contribution in [0.5, 0.6) is 0 Å². The van der Waals surface area contributed by atoms with Gasteiger partial charge in [-0.2, -0.15) is 5.26 Å². The topological polar surface area (TPSA) is 152 Å². The zero-order valence-electron chi connectivity index (χ0n) is 14.1. The van der Waals surface area contributed by atoms with Crippen LogP contribution in [0.15, 0.2) is 41.0 Å². The number of aromatic nitrogens is 4. The summed E-state index contributed by atoms with van der Waals surface area (Å²) in [7, 11) is -2.68. The minimum absolute atomic E-state index is 0.0359. The summed E-state index contributed by atoms with van der Waals surface area (Å²) in [4.78, 5) is 12.1. The summed E-state index contributed by atoms with van der Waals surface area (Å²) >= 11 is 3.05. The normalized spacial score (nSPS) is 12.9. The van der Waals surface area contributed by atoms with Gasteiger partial charge in [-0.15, -0.1) is 4.36 Å². The van der Waals surface area contributed by atoms with Gasteiger partial charge in [0, 0.05) is 18.6 Å². The largest absolute Gasteiger partial charge is 0.446 e. The second kappa shape index (κ2) is 7.90. The van der Waals surface area contributed by atoms with E-state index in [0.29, 0.717) is 0 Å². The van der Waals surface area contributed by atoms with Crippen molar-refractivity contribution >= 4 is 31.5 Å². The van der Waals surface area contributed by atoms with E-state index in [1.165, 1.54) is 30.6 Å². The Morgan fingerprint density at radius 1 is 1.43 bits per heavy atom. The van der Waals surface area contributed by atoms with Gasteiger partial charge in [0.25, 0.3) is 0 Å². The Morgan fingerprint density at radius 2 is 2.21 bits per heavy atom. The van der Waals surface area contributed by atoms with Crippen LogP contribution < -0.4 is 11.1 Å². The Balaban J connectivity index is 1.93. The van der Waals surface area contributed by atoms with Gasteiger partial charge in [0.15, 0.2) is 5.69 Å². The number of hydrogen-bond donors (Lipinski definition) is 1. The maximum absolute atomic E-state index is 13.5. The van der Waals surface area contributed by atoms with Crippen LogP contribution in [0.25, 0.3) is 17.2 Å². The van der Waals surface area contributed by atoms with Crippen molar-refractivity contribution in [3.8, 4) is 23.4 Å². The fourth-order valence-corrected chi connectivity index (χ4v) is 3.30. The van der Waals surface area contributed by atoms with Gasteiger partial charge >= 0.3 is 5.76 Å². The fourth-order valence-electron chi connectivity index (χ4n) is 2.19. The number of benzene rings is 1. The monoisotopic (exact) mass is 471 g/mol. The Morgan fingerprint density at radius 3 is 2.93 bits per heavy atom. The van der Waals surface area contributed by atoms with E-state index in [0.717, 1.165) is 4.57 Å². The molecule has 3 rings (SSSR count). The minimum atomic E-state index is -2.68. The molecule has 1 aromatic carbocycles. The molecule has 0 spiro atoms. The van der Waals surface area contributed by atoms with E-state index in [1.54, 1.807) is 0 Å². The second-order valence-electron chi connectivity index (χ2n) is 5.45. The molecule has 2 heterocycles. The molecule has 1 unspecified atom stereocenters. The van der Waals surface area contributed by atoms with Crippen molar-refractivity contribution in [3.05, 3.63) is 39.0 Å². The molecule has 3 aromatic rings. The first-order valence-electron chi connectivity index (χ1n) is 7.51. The summed E-state index contributed by atoms with van der Waals surface area (Å²) in [5.41, 5.74) is 0.319. The molecule has 146 valence electrons. The molecular weight excluding hydrogens is 461 g/mol. The average molecular weight is 472 g/mol. The van der Waals surface area contributed by atoms with E-state index in [9.17, 15) is 13.4 Å². The summed E-state index contributed by atoms with van der Waals surface area (Å²) in [6.07, 6.45) is 2.86. The minimum Gasteiger partial charge on any atom is -0.364 e. The Labute approximate surface area is 165 Å². The quantitative estimate of drug-likeness (QED) is 0.529. The summed E-state index contributed by atoms with van der Waals surface area (Å²) < 4.78 is 39.4. The standard InChI is InChI=1S/C14H11BrFN7O4S/c1-28(25,19-7-17)5-4-18-12-11(20-27-21-12)13-22-26-14(24)23(13)8-2-3-10(16)9(15)6-8/h2-3,6H,4-5H2,1H3,(H,18,21). The van der Waals surface area contributed by atoms with Gasteiger partial charge < -0.3 is 5.32 Å². The van der Waals surface area contributed by atoms with Crippen LogP contribution in [-0.4, -0.2) is 42.8 Å². The van der Waals surface area contributed by atoms with E-state index in [-0.39, 0.29) is 39.8 Å². The van der Waals surface area contributed by atoms with Crippen molar-refractivity contribution in [1.82, 2.24) is 20.0 Å². The maximum Gasteiger partial charge on any atom is 0.446 e. The molecule has 0 saturated heterocycles. The molecule has 0 aliphatic heterocycles. The predicted molar refractivity (Wildman–Crippen MR) is 98.5 cm³/mol. The first-order valence-corrected chi connectivity index (χ1v) is 10.4. The van der Waals surface area contributed by atoms with Gasteiger partial charge in [0.2, 0.25) is 17.8 Å². The molecular formula is C14H11BrFN7O4S. The highest BCUT2D eigenvalue weighted by atomic mass is 79.9. The molecule has 0 aliphatic rings. The smallest absolute Gasteiger partial charge is 0.364 e. The molecule has 0 amide bonds. The van der Waals surface area contributed by atoms with Gasteiger partial charge in [-0.05, 0) is 44.4 Å². The van der Waals surface area contributed by atoms with Crippen molar-refractivity contribution < 1.29 is 17.8 Å². The number of rotatable bonds is 6. The van der Waals surface area contributed by atoms with Crippen molar-refractivity contribution in [2.45, 2.75) is 0 Å². The van der Waals surface area contributed by atoms with Gasteiger partial charge in [-0.25, -0.2) is 22.6 Å². The zero-order valence-corrected chi connectivity index (χ0v) is 16.5. The number of hydrogen-bond acceptors (Lipinski definition) is 10. The average Bonchev–Trinajstić information content (AvgIpc) is 3.23. The molecule has 28 heavy (non-hydrogen) atoms. The molecule has 1 N–H and O–H groups in total. The lowest BCUT2D eigenvalue weighted by molar-refractivity contribution is 0.309. The fraction of sp³-hybridized carbons (Fsp3) is 0.214. The third kappa shape index (κ3) is 4.10. The Kier molecular flexibility index (Phi) is 5.56. The van der Waals surface area contributed by atoms with Crippen molar-refractivity contribution in [3.63, 3.8) is 0 Å². The maximum atomic E-state index is 13.5. The first kappa shape index (κ1) is 19.7. The van der Waals surface area contributed by atoms with Crippen molar-refractivity contribution in [1.29, 1.82) is 5.26 Å². The summed E-state index contributed by atoms with van der Waals surface area (Å²) in [5, 5.41) is 22.4. The highest BCUT2D eigenvalue weighted by molar-refractivity contribution is 9.10. The highest BCUT2D eigenvalue weighted by Gasteiger charge is 2.23. The Bertz CT molecular complexity index is 1240. The molecule has 0 saturated carbocycles. The van der Waals surface area contributed by atoms with Crippen molar-refractivity contribution in [2.24, 2.45) is 4.36 Å². The zero-order chi connectivity index (χ0) is 20.3. The van der Waals surface area contributed by atoms with Crippen LogP contribution in [0, 0.1) is 17.3 Å². The summed E-state index contributed by atoms with van der Waals surface area (Å²) in [6, 6.07) is 3.89. The Hall–Kier alpha value is -3.05. The first-order chi connectivity index (χ1) is 13.3. The number of nitriles is 1. The van der Waals surface area contributed by atoms with E-state index in [4.69, 9.17) is 14.4 Å².